The quantitative estimate of drug-likeness (QED) is 0.668. The summed E-state index contributed by atoms with van der Waals surface area (Å²) in [5.74, 6) is 0.369. The number of nitrogens with one attached hydrogen (secondary N) is 1. The normalized spacial score (nSPS) is 18.0. The van der Waals surface area contributed by atoms with E-state index in [1.165, 1.54) is 12.1 Å². The molecule has 5 rings (SSSR count). The first-order chi connectivity index (χ1) is 15.1. The third-order valence-electron chi connectivity index (χ3n) is 5.66. The number of fused-ring (bicyclic) bond motifs is 1. The Morgan fingerprint density at radius 2 is 1.94 bits per heavy atom. The minimum atomic E-state index is -0.433. The van der Waals surface area contributed by atoms with Crippen molar-refractivity contribution in [2.75, 3.05) is 36.5 Å². The Morgan fingerprint density at radius 3 is 2.71 bits per heavy atom. The lowest BCUT2D eigenvalue weighted by Crippen LogP contribution is -2.45. The first kappa shape index (κ1) is 19.8. The smallest absolute Gasteiger partial charge is 0.224 e. The fourth-order valence-electron chi connectivity index (χ4n) is 4.03. The van der Waals surface area contributed by atoms with E-state index in [2.05, 4.69) is 20.4 Å². The van der Waals surface area contributed by atoms with Gasteiger partial charge in [-0.05, 0) is 30.3 Å². The third-order valence-corrected chi connectivity index (χ3v) is 5.66. The molecular formula is C21H23FN6O3. The average Bonchev–Trinajstić information content (AvgIpc) is 3.39. The molecule has 0 bridgehead atoms. The molecule has 1 amide bonds. The van der Waals surface area contributed by atoms with E-state index < -0.39 is 11.6 Å². The van der Waals surface area contributed by atoms with Gasteiger partial charge in [-0.25, -0.2) is 4.39 Å². The average molecular weight is 426 g/mol. The van der Waals surface area contributed by atoms with Crippen LogP contribution in [0.2, 0.25) is 0 Å². The van der Waals surface area contributed by atoms with E-state index in [9.17, 15) is 9.18 Å². The lowest BCUT2D eigenvalue weighted by atomic mass is 10.0. The van der Waals surface area contributed by atoms with E-state index in [4.69, 9.17) is 14.6 Å². The Morgan fingerprint density at radius 1 is 1.13 bits per heavy atom. The molecule has 0 radical (unpaired) electrons. The predicted molar refractivity (Wildman–Crippen MR) is 110 cm³/mol. The molecule has 1 aromatic carbocycles. The van der Waals surface area contributed by atoms with Crippen LogP contribution in [0.4, 0.5) is 15.9 Å². The Labute approximate surface area is 178 Å². The zero-order valence-electron chi connectivity index (χ0n) is 17.0. The van der Waals surface area contributed by atoms with Gasteiger partial charge in [-0.1, -0.05) is 6.07 Å². The molecule has 10 heteroatoms. The standard InChI is InChI=1S/C21H23FN6O3/c22-15-2-1-3-16(14-15)23-20(29)7-6-18-25-24-17-4-5-19(26-28(17)18)27-10-8-21(9-11-27)30-12-13-31-21/h1-5,14H,6-13H2,(H,23,29). The molecule has 1 N–H and O–H groups in total. The Kier molecular flexibility index (Phi) is 5.24. The van der Waals surface area contributed by atoms with Gasteiger partial charge in [0.2, 0.25) is 5.91 Å². The van der Waals surface area contributed by atoms with Crippen LogP contribution in [0.5, 0.6) is 0 Å². The van der Waals surface area contributed by atoms with Crippen molar-refractivity contribution in [1.29, 1.82) is 0 Å². The van der Waals surface area contributed by atoms with Crippen molar-refractivity contribution in [3.63, 3.8) is 0 Å². The molecule has 0 unspecified atom stereocenters. The molecule has 1 spiro atoms. The van der Waals surface area contributed by atoms with Crippen LogP contribution < -0.4 is 10.2 Å². The molecule has 31 heavy (non-hydrogen) atoms. The number of anilines is 2. The summed E-state index contributed by atoms with van der Waals surface area (Å²) in [5, 5.41) is 15.7. The van der Waals surface area contributed by atoms with Crippen LogP contribution in [-0.4, -0.2) is 57.8 Å². The summed E-state index contributed by atoms with van der Waals surface area (Å²) < 4.78 is 26.5. The minimum absolute atomic E-state index is 0.185. The monoisotopic (exact) mass is 426 g/mol. The lowest BCUT2D eigenvalue weighted by molar-refractivity contribution is -0.169. The highest BCUT2D eigenvalue weighted by Gasteiger charge is 2.40. The molecule has 2 fully saturated rings. The van der Waals surface area contributed by atoms with Crippen molar-refractivity contribution in [2.24, 2.45) is 0 Å². The largest absolute Gasteiger partial charge is 0.355 e. The predicted octanol–water partition coefficient (Wildman–Crippen LogP) is 2.18. The van der Waals surface area contributed by atoms with Gasteiger partial charge in [0.1, 0.15) is 11.6 Å². The van der Waals surface area contributed by atoms with Crippen molar-refractivity contribution in [3.8, 4) is 0 Å². The molecule has 9 nitrogen and oxygen atoms in total. The summed E-state index contributed by atoms with van der Waals surface area (Å²) in [4.78, 5) is 14.4. The maximum atomic E-state index is 13.3. The molecule has 4 heterocycles. The molecule has 3 aromatic rings. The highest BCUT2D eigenvalue weighted by molar-refractivity contribution is 5.90. The van der Waals surface area contributed by atoms with Crippen LogP contribution in [0.25, 0.3) is 5.65 Å². The molecule has 2 aliphatic heterocycles. The molecule has 0 atom stereocenters. The number of hydrogen-bond acceptors (Lipinski definition) is 7. The Bertz CT molecular complexity index is 1090. The van der Waals surface area contributed by atoms with Crippen LogP contribution >= 0.6 is 0 Å². The maximum absolute atomic E-state index is 13.3. The van der Waals surface area contributed by atoms with Crippen molar-refractivity contribution in [1.82, 2.24) is 19.8 Å². The Hall–Kier alpha value is -3.11. The van der Waals surface area contributed by atoms with Crippen LogP contribution in [0.3, 0.4) is 0 Å². The van der Waals surface area contributed by atoms with Crippen LogP contribution in [0, 0.1) is 5.82 Å². The summed E-state index contributed by atoms with van der Waals surface area (Å²) in [6, 6.07) is 9.61. The highest BCUT2D eigenvalue weighted by atomic mass is 19.1. The van der Waals surface area contributed by atoms with E-state index in [1.807, 2.05) is 12.1 Å². The fourth-order valence-corrected chi connectivity index (χ4v) is 4.03. The third kappa shape index (κ3) is 4.21. The van der Waals surface area contributed by atoms with E-state index in [0.717, 1.165) is 31.7 Å². The number of ether oxygens (including phenoxy) is 2. The Balaban J connectivity index is 1.24. The van der Waals surface area contributed by atoms with Gasteiger partial charge in [0.25, 0.3) is 0 Å². The minimum Gasteiger partial charge on any atom is -0.355 e. The molecule has 0 saturated carbocycles. The van der Waals surface area contributed by atoms with Gasteiger partial charge >= 0.3 is 0 Å². The maximum Gasteiger partial charge on any atom is 0.224 e. The summed E-state index contributed by atoms with van der Waals surface area (Å²) in [6.07, 6.45) is 2.14. The second kappa shape index (κ2) is 8.20. The van der Waals surface area contributed by atoms with E-state index in [-0.39, 0.29) is 12.3 Å². The number of amides is 1. The fraction of sp³-hybridized carbons (Fsp3) is 0.429. The van der Waals surface area contributed by atoms with E-state index in [1.54, 1.807) is 16.6 Å². The number of hydrogen-bond donors (Lipinski definition) is 1. The van der Waals surface area contributed by atoms with E-state index in [0.29, 0.717) is 36.8 Å². The molecule has 162 valence electrons. The van der Waals surface area contributed by atoms with Crippen molar-refractivity contribution >= 4 is 23.1 Å². The van der Waals surface area contributed by atoms with Gasteiger partial charge in [-0.2, -0.15) is 4.52 Å². The topological polar surface area (TPSA) is 93.9 Å². The molecule has 2 aliphatic rings. The van der Waals surface area contributed by atoms with Gasteiger partial charge in [0.05, 0.1) is 13.2 Å². The second-order valence-corrected chi connectivity index (χ2v) is 7.73. The molecule has 0 aliphatic carbocycles. The first-order valence-corrected chi connectivity index (χ1v) is 10.4. The number of rotatable bonds is 5. The van der Waals surface area contributed by atoms with Crippen LogP contribution in [0.1, 0.15) is 25.1 Å². The van der Waals surface area contributed by atoms with Gasteiger partial charge in [0, 0.05) is 44.5 Å². The van der Waals surface area contributed by atoms with Crippen molar-refractivity contribution < 1.29 is 18.7 Å². The summed E-state index contributed by atoms with van der Waals surface area (Å²) in [6.45, 7) is 2.88. The molecular weight excluding hydrogens is 403 g/mol. The summed E-state index contributed by atoms with van der Waals surface area (Å²) in [7, 11) is 0. The van der Waals surface area contributed by atoms with E-state index >= 15 is 0 Å². The zero-order chi connectivity index (χ0) is 21.3. The molecule has 2 saturated heterocycles. The van der Waals surface area contributed by atoms with Crippen molar-refractivity contribution in [2.45, 2.75) is 31.5 Å². The van der Waals surface area contributed by atoms with Gasteiger partial charge < -0.3 is 19.7 Å². The number of aryl methyl sites for hydroxylation is 1. The van der Waals surface area contributed by atoms with Crippen LogP contribution in [0.15, 0.2) is 36.4 Å². The van der Waals surface area contributed by atoms with Gasteiger partial charge in [-0.15, -0.1) is 15.3 Å². The number of carbonyl (C=O) groups is 1. The number of aromatic nitrogens is 4. The summed E-state index contributed by atoms with van der Waals surface area (Å²) >= 11 is 0. The SMILES string of the molecule is O=C(CCc1nnc2ccc(N3CCC4(CC3)OCCO4)nn12)Nc1cccc(F)c1. The first-order valence-electron chi connectivity index (χ1n) is 10.4. The van der Waals surface area contributed by atoms with Crippen LogP contribution in [-0.2, 0) is 20.7 Å². The lowest BCUT2D eigenvalue weighted by Gasteiger charge is -2.38. The number of nitrogens with zero attached hydrogens (tertiary/aromatic N) is 5. The zero-order valence-corrected chi connectivity index (χ0v) is 17.0. The number of benzene rings is 1. The number of carbonyl (C=O) groups excluding carboxylic acids is 1. The highest BCUT2D eigenvalue weighted by Crippen LogP contribution is 2.32. The van der Waals surface area contributed by atoms with Gasteiger partial charge in [0.15, 0.2) is 17.3 Å². The number of halogens is 1. The van der Waals surface area contributed by atoms with Gasteiger partial charge in [-0.3, -0.25) is 4.79 Å². The van der Waals surface area contributed by atoms with Crippen molar-refractivity contribution in [3.05, 3.63) is 48.0 Å². The summed E-state index contributed by atoms with van der Waals surface area (Å²) in [5.41, 5.74) is 1.05. The number of piperidine rings is 1. The second-order valence-electron chi connectivity index (χ2n) is 7.73. The molecule has 2 aromatic heterocycles.